The lowest BCUT2D eigenvalue weighted by Gasteiger charge is -2.04. The monoisotopic (exact) mass is 292 g/mol. The number of hydrogen-bond acceptors (Lipinski definition) is 3. The molecular weight excluding hydrogens is 283 g/mol. The lowest BCUT2D eigenvalue weighted by atomic mass is 10.2. The van der Waals surface area contributed by atoms with Crippen LogP contribution in [0.2, 0.25) is 5.02 Å². The van der Waals surface area contributed by atoms with Gasteiger partial charge >= 0.3 is 5.97 Å². The number of hydrazone groups is 1. The van der Waals surface area contributed by atoms with Gasteiger partial charge in [-0.25, -0.2) is 9.18 Å². The predicted molar refractivity (Wildman–Crippen MR) is 76.0 cm³/mol. The summed E-state index contributed by atoms with van der Waals surface area (Å²) in [6, 6.07) is 10.6. The van der Waals surface area contributed by atoms with Crippen LogP contribution in [0.15, 0.2) is 47.6 Å². The van der Waals surface area contributed by atoms with E-state index in [1.807, 2.05) is 0 Å². The molecular formula is C14H10ClFN2O2. The molecule has 2 aromatic rings. The summed E-state index contributed by atoms with van der Waals surface area (Å²) in [7, 11) is 0. The molecule has 6 heteroatoms. The highest BCUT2D eigenvalue weighted by Crippen LogP contribution is 2.18. The molecule has 2 rings (SSSR count). The third-order valence-corrected chi connectivity index (χ3v) is 2.87. The van der Waals surface area contributed by atoms with Gasteiger partial charge in [-0.2, -0.15) is 5.10 Å². The van der Waals surface area contributed by atoms with Crippen molar-refractivity contribution in [2.45, 2.75) is 0 Å². The molecule has 0 radical (unpaired) electrons. The Morgan fingerprint density at radius 3 is 2.70 bits per heavy atom. The van der Waals surface area contributed by atoms with Crippen LogP contribution in [0.4, 0.5) is 10.1 Å². The van der Waals surface area contributed by atoms with Crippen LogP contribution < -0.4 is 5.43 Å². The summed E-state index contributed by atoms with van der Waals surface area (Å²) in [5, 5.41) is 13.0. The van der Waals surface area contributed by atoms with Crippen LogP contribution in [0.5, 0.6) is 0 Å². The molecule has 0 aromatic heterocycles. The summed E-state index contributed by atoms with van der Waals surface area (Å²) in [5.74, 6) is -1.58. The number of halogens is 2. The molecule has 0 fully saturated rings. The van der Waals surface area contributed by atoms with E-state index in [0.717, 1.165) is 0 Å². The van der Waals surface area contributed by atoms with Crippen LogP contribution in [0.1, 0.15) is 15.9 Å². The quantitative estimate of drug-likeness (QED) is 0.668. The fourth-order valence-corrected chi connectivity index (χ4v) is 1.78. The highest BCUT2D eigenvalue weighted by Gasteiger charge is 2.08. The van der Waals surface area contributed by atoms with E-state index in [1.54, 1.807) is 18.2 Å². The Bertz CT molecular complexity index is 654. The fraction of sp³-hybridized carbons (Fsp3) is 0. The molecule has 2 aromatic carbocycles. The number of para-hydroxylation sites is 1. The molecule has 0 heterocycles. The Labute approximate surface area is 119 Å². The fourth-order valence-electron chi connectivity index (χ4n) is 1.57. The molecule has 102 valence electrons. The van der Waals surface area contributed by atoms with Gasteiger partial charge in [-0.3, -0.25) is 5.43 Å². The van der Waals surface area contributed by atoms with Gasteiger partial charge in [-0.15, -0.1) is 0 Å². The van der Waals surface area contributed by atoms with Crippen LogP contribution in [0.3, 0.4) is 0 Å². The third kappa shape index (κ3) is 3.13. The Morgan fingerprint density at radius 2 is 2.00 bits per heavy atom. The van der Waals surface area contributed by atoms with Crippen molar-refractivity contribution in [3.05, 3.63) is 64.4 Å². The van der Waals surface area contributed by atoms with Crippen molar-refractivity contribution in [1.82, 2.24) is 0 Å². The Morgan fingerprint density at radius 1 is 1.25 bits per heavy atom. The number of carboxylic acids is 1. The van der Waals surface area contributed by atoms with Crippen molar-refractivity contribution in [2.75, 3.05) is 5.43 Å². The minimum Gasteiger partial charge on any atom is -0.478 e. The lowest BCUT2D eigenvalue weighted by molar-refractivity contribution is 0.0698. The summed E-state index contributed by atoms with van der Waals surface area (Å²) in [4.78, 5) is 11.0. The second-order valence-corrected chi connectivity index (χ2v) is 4.26. The zero-order valence-electron chi connectivity index (χ0n) is 10.2. The molecule has 0 aliphatic heterocycles. The smallest absolute Gasteiger partial charge is 0.337 e. The molecule has 0 amide bonds. The molecule has 0 unspecified atom stereocenters. The van der Waals surface area contributed by atoms with Gasteiger partial charge in [-0.05, 0) is 24.3 Å². The van der Waals surface area contributed by atoms with Crippen LogP contribution in [0.25, 0.3) is 0 Å². The second kappa shape index (κ2) is 6.16. The first-order chi connectivity index (χ1) is 9.59. The normalized spacial score (nSPS) is 10.7. The number of carbonyl (C=O) groups is 1. The number of rotatable bonds is 4. The van der Waals surface area contributed by atoms with Gasteiger partial charge in [0, 0.05) is 5.56 Å². The zero-order chi connectivity index (χ0) is 14.5. The molecule has 0 aliphatic rings. The van der Waals surface area contributed by atoms with Crippen molar-refractivity contribution in [3.8, 4) is 0 Å². The summed E-state index contributed by atoms with van der Waals surface area (Å²) in [5.41, 5.74) is 3.08. The average molecular weight is 293 g/mol. The van der Waals surface area contributed by atoms with Crippen LogP contribution in [-0.2, 0) is 0 Å². The highest BCUT2D eigenvalue weighted by molar-refractivity contribution is 6.33. The largest absolute Gasteiger partial charge is 0.478 e. The third-order valence-electron chi connectivity index (χ3n) is 2.54. The van der Waals surface area contributed by atoms with E-state index in [4.69, 9.17) is 16.7 Å². The zero-order valence-corrected chi connectivity index (χ0v) is 10.9. The standard InChI is InChI=1S/C14H10ClFN2O2/c15-11-5-3-6-12(16)10(11)8-17-18-13-7-2-1-4-9(13)14(19)20/h1-8,18H,(H,19,20)/b17-8-. The van der Waals surface area contributed by atoms with E-state index < -0.39 is 11.8 Å². The molecule has 4 nitrogen and oxygen atoms in total. The Balaban J connectivity index is 2.21. The first-order valence-corrected chi connectivity index (χ1v) is 6.03. The van der Waals surface area contributed by atoms with Crippen molar-refractivity contribution in [3.63, 3.8) is 0 Å². The van der Waals surface area contributed by atoms with Gasteiger partial charge in [0.1, 0.15) is 5.82 Å². The summed E-state index contributed by atoms with van der Waals surface area (Å²) in [6.45, 7) is 0. The maximum Gasteiger partial charge on any atom is 0.337 e. The SMILES string of the molecule is O=C(O)c1ccccc1N/N=C\c1c(F)cccc1Cl. The van der Waals surface area contributed by atoms with Crippen molar-refractivity contribution >= 4 is 29.5 Å². The predicted octanol–water partition coefficient (Wildman–Crippen LogP) is 3.62. The number of benzene rings is 2. The molecule has 0 saturated carbocycles. The molecule has 0 bridgehead atoms. The average Bonchev–Trinajstić information content (AvgIpc) is 2.42. The highest BCUT2D eigenvalue weighted by atomic mass is 35.5. The van der Waals surface area contributed by atoms with Crippen molar-refractivity contribution in [1.29, 1.82) is 0 Å². The van der Waals surface area contributed by atoms with Gasteiger partial charge in [0.15, 0.2) is 0 Å². The number of nitrogens with one attached hydrogen (secondary N) is 1. The number of aromatic carboxylic acids is 1. The summed E-state index contributed by atoms with van der Waals surface area (Å²) >= 11 is 5.84. The molecule has 0 spiro atoms. The van der Waals surface area contributed by atoms with Crippen LogP contribution >= 0.6 is 11.6 Å². The van der Waals surface area contributed by atoms with Crippen LogP contribution in [0, 0.1) is 5.82 Å². The molecule has 0 aliphatic carbocycles. The molecule has 20 heavy (non-hydrogen) atoms. The Hall–Kier alpha value is -2.40. The van der Waals surface area contributed by atoms with E-state index in [2.05, 4.69) is 10.5 Å². The summed E-state index contributed by atoms with van der Waals surface area (Å²) < 4.78 is 13.5. The Kier molecular flexibility index (Phi) is 4.32. The number of carboxylic acid groups (broad SMARTS) is 1. The molecule has 0 saturated heterocycles. The van der Waals surface area contributed by atoms with E-state index in [1.165, 1.54) is 30.5 Å². The van der Waals surface area contributed by atoms with E-state index in [0.29, 0.717) is 5.69 Å². The van der Waals surface area contributed by atoms with E-state index in [-0.39, 0.29) is 16.1 Å². The van der Waals surface area contributed by atoms with Crippen molar-refractivity contribution in [2.24, 2.45) is 5.10 Å². The lowest BCUT2D eigenvalue weighted by Crippen LogP contribution is -2.02. The maximum absolute atomic E-state index is 13.5. The van der Waals surface area contributed by atoms with Gasteiger partial charge in [0.05, 0.1) is 22.5 Å². The number of anilines is 1. The van der Waals surface area contributed by atoms with Gasteiger partial charge < -0.3 is 5.11 Å². The van der Waals surface area contributed by atoms with Gasteiger partial charge in [0.2, 0.25) is 0 Å². The van der Waals surface area contributed by atoms with Crippen LogP contribution in [-0.4, -0.2) is 17.3 Å². The van der Waals surface area contributed by atoms with Crippen molar-refractivity contribution < 1.29 is 14.3 Å². The molecule has 2 N–H and O–H groups in total. The first-order valence-electron chi connectivity index (χ1n) is 5.65. The maximum atomic E-state index is 13.5. The number of hydrogen-bond donors (Lipinski definition) is 2. The minimum absolute atomic E-state index is 0.0734. The molecule has 0 atom stereocenters. The topological polar surface area (TPSA) is 61.7 Å². The van der Waals surface area contributed by atoms with Gasteiger partial charge in [0.25, 0.3) is 0 Å². The van der Waals surface area contributed by atoms with E-state index in [9.17, 15) is 9.18 Å². The summed E-state index contributed by atoms with van der Waals surface area (Å²) in [6.07, 6.45) is 1.20. The van der Waals surface area contributed by atoms with Gasteiger partial charge in [-0.1, -0.05) is 29.8 Å². The number of nitrogens with zero attached hydrogens (tertiary/aromatic N) is 1. The first kappa shape index (κ1) is 14.0. The second-order valence-electron chi connectivity index (χ2n) is 3.86. The minimum atomic E-state index is -1.08. The van der Waals surface area contributed by atoms with E-state index >= 15 is 0 Å².